The molecule has 0 radical (unpaired) electrons. The number of rotatable bonds is 6. The zero-order chi connectivity index (χ0) is 15.2. The van der Waals surface area contributed by atoms with Crippen LogP contribution in [0.15, 0.2) is 42.5 Å². The molecule has 6 N–H and O–H groups in total. The lowest BCUT2D eigenvalue weighted by Crippen LogP contribution is -2.29. The maximum Gasteiger partial charge on any atom is 0.0606 e. The van der Waals surface area contributed by atoms with E-state index in [0.717, 1.165) is 16.8 Å². The van der Waals surface area contributed by atoms with Gasteiger partial charge >= 0.3 is 0 Å². The Bertz CT molecular complexity index is 596. The molecule has 5 nitrogen and oxygen atoms in total. The van der Waals surface area contributed by atoms with Gasteiger partial charge in [-0.15, -0.1) is 0 Å². The smallest absolute Gasteiger partial charge is 0.0606 e. The van der Waals surface area contributed by atoms with Crippen LogP contribution in [0.4, 0.5) is 17.1 Å². The highest BCUT2D eigenvalue weighted by atomic mass is 16.3. The third-order valence-electron chi connectivity index (χ3n) is 3.37. The van der Waals surface area contributed by atoms with Gasteiger partial charge in [-0.3, -0.25) is 0 Å². The van der Waals surface area contributed by atoms with Crippen molar-refractivity contribution in [3.05, 3.63) is 42.5 Å². The quantitative estimate of drug-likeness (QED) is 0.601. The third kappa shape index (κ3) is 3.65. The van der Waals surface area contributed by atoms with Crippen LogP contribution in [0.2, 0.25) is 0 Å². The molecule has 0 saturated carbocycles. The van der Waals surface area contributed by atoms with Gasteiger partial charge in [0.1, 0.15) is 0 Å². The fourth-order valence-corrected chi connectivity index (χ4v) is 2.25. The van der Waals surface area contributed by atoms with E-state index in [1.807, 2.05) is 41.3 Å². The molecule has 2 aromatic carbocycles. The Morgan fingerprint density at radius 3 is 2.10 bits per heavy atom. The van der Waals surface area contributed by atoms with Gasteiger partial charge in [-0.2, -0.15) is 0 Å². The Kier molecular flexibility index (Phi) is 5.03. The van der Waals surface area contributed by atoms with E-state index in [1.165, 1.54) is 0 Å². The lowest BCUT2D eigenvalue weighted by molar-refractivity contribution is 0.281. The molecule has 0 aliphatic heterocycles. The van der Waals surface area contributed by atoms with Gasteiger partial charge in [0, 0.05) is 18.8 Å². The first kappa shape index (κ1) is 15.2. The first-order chi connectivity index (χ1) is 10.2. The molecule has 0 aromatic heterocycles. The molecule has 2 aromatic rings. The number of nitrogen functional groups attached to an aromatic ring is 2. The second-order valence-corrected chi connectivity index (χ2v) is 4.83. The number of aliphatic hydroxyl groups is 2. The van der Waals surface area contributed by atoms with Crippen molar-refractivity contribution in [1.29, 1.82) is 0 Å². The average molecular weight is 287 g/mol. The third-order valence-corrected chi connectivity index (χ3v) is 3.37. The highest BCUT2D eigenvalue weighted by Crippen LogP contribution is 2.28. The second-order valence-electron chi connectivity index (χ2n) is 4.83. The molecule has 0 aliphatic rings. The lowest BCUT2D eigenvalue weighted by atomic mass is 10.0. The Morgan fingerprint density at radius 1 is 0.810 bits per heavy atom. The van der Waals surface area contributed by atoms with E-state index in [0.29, 0.717) is 24.5 Å². The molecule has 0 aliphatic carbocycles. The van der Waals surface area contributed by atoms with Crippen molar-refractivity contribution >= 4 is 17.1 Å². The summed E-state index contributed by atoms with van der Waals surface area (Å²) in [5, 5.41) is 18.2. The van der Waals surface area contributed by atoms with Crippen molar-refractivity contribution in [3.63, 3.8) is 0 Å². The SMILES string of the molecule is Nc1ccc(-c2cccc(N(CCO)CCO)c2)cc1N. The Balaban J connectivity index is 2.33. The van der Waals surface area contributed by atoms with Crippen molar-refractivity contribution < 1.29 is 10.2 Å². The zero-order valence-electron chi connectivity index (χ0n) is 11.9. The van der Waals surface area contributed by atoms with Gasteiger partial charge in [0.15, 0.2) is 0 Å². The van der Waals surface area contributed by atoms with Crippen LogP contribution >= 0.6 is 0 Å². The molecule has 0 amide bonds. The molecular formula is C16H21N3O2. The number of hydrogen-bond donors (Lipinski definition) is 4. The second kappa shape index (κ2) is 6.97. The van der Waals surface area contributed by atoms with E-state index < -0.39 is 0 Å². The molecule has 0 fully saturated rings. The van der Waals surface area contributed by atoms with Crippen molar-refractivity contribution in [2.75, 3.05) is 42.7 Å². The van der Waals surface area contributed by atoms with E-state index in [9.17, 15) is 0 Å². The summed E-state index contributed by atoms with van der Waals surface area (Å²) >= 11 is 0. The van der Waals surface area contributed by atoms with Crippen molar-refractivity contribution in [1.82, 2.24) is 0 Å². The molecule has 0 heterocycles. The summed E-state index contributed by atoms with van der Waals surface area (Å²) in [5.41, 5.74) is 15.7. The minimum Gasteiger partial charge on any atom is -0.397 e. The standard InChI is InChI=1S/C16H21N3O2/c17-15-5-4-13(11-16(15)18)12-2-1-3-14(10-12)19(6-8-20)7-9-21/h1-5,10-11,20-21H,6-9,17-18H2. The van der Waals surface area contributed by atoms with E-state index >= 15 is 0 Å². The van der Waals surface area contributed by atoms with Gasteiger partial charge in [-0.1, -0.05) is 18.2 Å². The van der Waals surface area contributed by atoms with Crippen LogP contribution in [-0.2, 0) is 0 Å². The maximum atomic E-state index is 9.12. The summed E-state index contributed by atoms with van der Waals surface area (Å²) in [6, 6.07) is 13.5. The van der Waals surface area contributed by atoms with Gasteiger partial charge in [0.2, 0.25) is 0 Å². The zero-order valence-corrected chi connectivity index (χ0v) is 11.9. The normalized spacial score (nSPS) is 10.6. The van der Waals surface area contributed by atoms with Crippen LogP contribution in [0.1, 0.15) is 0 Å². The minimum absolute atomic E-state index is 0.0407. The fourth-order valence-electron chi connectivity index (χ4n) is 2.25. The molecule has 112 valence electrons. The van der Waals surface area contributed by atoms with E-state index in [2.05, 4.69) is 0 Å². The summed E-state index contributed by atoms with van der Waals surface area (Å²) in [5.74, 6) is 0. The molecule has 5 heteroatoms. The largest absolute Gasteiger partial charge is 0.397 e. The monoisotopic (exact) mass is 287 g/mol. The van der Waals surface area contributed by atoms with Gasteiger partial charge < -0.3 is 26.6 Å². The highest BCUT2D eigenvalue weighted by Gasteiger charge is 2.07. The van der Waals surface area contributed by atoms with Crippen LogP contribution in [0, 0.1) is 0 Å². The number of hydrogen-bond acceptors (Lipinski definition) is 5. The molecule has 0 saturated heterocycles. The Morgan fingerprint density at radius 2 is 1.48 bits per heavy atom. The van der Waals surface area contributed by atoms with Crippen LogP contribution in [0.3, 0.4) is 0 Å². The summed E-state index contributed by atoms with van der Waals surface area (Å²) in [4.78, 5) is 1.93. The molecule has 0 atom stereocenters. The fraction of sp³-hybridized carbons (Fsp3) is 0.250. The maximum absolute atomic E-state index is 9.12. The van der Waals surface area contributed by atoms with E-state index in [-0.39, 0.29) is 13.2 Å². The lowest BCUT2D eigenvalue weighted by Gasteiger charge is -2.23. The Labute approximate surface area is 124 Å². The topological polar surface area (TPSA) is 95.7 Å². The van der Waals surface area contributed by atoms with Gasteiger partial charge in [-0.05, 0) is 35.4 Å². The van der Waals surface area contributed by atoms with E-state index in [4.69, 9.17) is 21.7 Å². The summed E-state index contributed by atoms with van der Waals surface area (Å²) in [6.45, 7) is 1.04. The summed E-state index contributed by atoms with van der Waals surface area (Å²) in [7, 11) is 0. The number of anilines is 3. The highest BCUT2D eigenvalue weighted by molar-refractivity contribution is 5.76. The van der Waals surface area contributed by atoms with Crippen LogP contribution in [0.5, 0.6) is 0 Å². The minimum atomic E-state index is 0.0407. The van der Waals surface area contributed by atoms with E-state index in [1.54, 1.807) is 6.07 Å². The Hall–Kier alpha value is -2.24. The average Bonchev–Trinajstić information content (AvgIpc) is 2.50. The molecule has 0 unspecified atom stereocenters. The number of aliphatic hydroxyl groups excluding tert-OH is 2. The van der Waals surface area contributed by atoms with Crippen LogP contribution in [-0.4, -0.2) is 36.5 Å². The van der Waals surface area contributed by atoms with Crippen molar-refractivity contribution in [2.24, 2.45) is 0 Å². The first-order valence-electron chi connectivity index (χ1n) is 6.88. The number of nitrogens with two attached hydrogens (primary N) is 2. The summed E-state index contributed by atoms with van der Waals surface area (Å²) < 4.78 is 0. The van der Waals surface area contributed by atoms with Crippen molar-refractivity contribution in [3.8, 4) is 11.1 Å². The predicted octanol–water partition coefficient (Wildman–Crippen LogP) is 1.31. The summed E-state index contributed by atoms with van der Waals surface area (Å²) in [6.07, 6.45) is 0. The van der Waals surface area contributed by atoms with Crippen LogP contribution < -0.4 is 16.4 Å². The molecule has 0 bridgehead atoms. The van der Waals surface area contributed by atoms with Gasteiger partial charge in [0.25, 0.3) is 0 Å². The number of benzene rings is 2. The molecular weight excluding hydrogens is 266 g/mol. The van der Waals surface area contributed by atoms with Crippen molar-refractivity contribution in [2.45, 2.75) is 0 Å². The first-order valence-corrected chi connectivity index (χ1v) is 6.88. The van der Waals surface area contributed by atoms with Crippen LogP contribution in [0.25, 0.3) is 11.1 Å². The molecule has 21 heavy (non-hydrogen) atoms. The number of nitrogens with zero attached hydrogens (tertiary/aromatic N) is 1. The predicted molar refractivity (Wildman–Crippen MR) is 87.1 cm³/mol. The molecule has 2 rings (SSSR count). The van der Waals surface area contributed by atoms with Gasteiger partial charge in [-0.25, -0.2) is 0 Å². The van der Waals surface area contributed by atoms with Gasteiger partial charge in [0.05, 0.1) is 24.6 Å². The molecule has 0 spiro atoms.